The first-order valence-corrected chi connectivity index (χ1v) is 7.84. The van der Waals surface area contributed by atoms with Crippen LogP contribution in [0.1, 0.15) is 48.9 Å². The van der Waals surface area contributed by atoms with Gasteiger partial charge in [0.25, 0.3) is 0 Å². The Morgan fingerprint density at radius 3 is 2.71 bits per heavy atom. The van der Waals surface area contributed by atoms with E-state index in [0.29, 0.717) is 18.4 Å². The Balaban J connectivity index is 1.73. The van der Waals surface area contributed by atoms with Crippen LogP contribution >= 0.6 is 0 Å². The van der Waals surface area contributed by atoms with E-state index in [0.717, 1.165) is 13.0 Å². The van der Waals surface area contributed by atoms with Crippen LogP contribution in [0.15, 0.2) is 24.3 Å². The third kappa shape index (κ3) is 4.74. The summed E-state index contributed by atoms with van der Waals surface area (Å²) < 4.78 is 5.63. The molecule has 1 aliphatic carbocycles. The molecular formula is C17H25NO3. The lowest BCUT2D eigenvalue weighted by atomic mass is 9.94. The molecule has 21 heavy (non-hydrogen) atoms. The van der Waals surface area contributed by atoms with Crippen LogP contribution < -0.4 is 4.74 Å². The fourth-order valence-electron chi connectivity index (χ4n) is 2.97. The van der Waals surface area contributed by atoms with Gasteiger partial charge in [0, 0.05) is 12.6 Å². The SMILES string of the molecule is CN(CCCOc1ccccc1C(=O)O)C1CCCCC1. The normalized spacial score (nSPS) is 16.1. The molecule has 0 bridgehead atoms. The Labute approximate surface area is 126 Å². The lowest BCUT2D eigenvalue weighted by Gasteiger charge is -2.31. The van der Waals surface area contributed by atoms with E-state index in [1.807, 2.05) is 0 Å². The second-order valence-electron chi connectivity index (χ2n) is 5.78. The third-order valence-electron chi connectivity index (χ3n) is 4.23. The number of carboxylic acid groups (broad SMARTS) is 1. The van der Waals surface area contributed by atoms with Gasteiger partial charge in [0.05, 0.1) is 6.61 Å². The van der Waals surface area contributed by atoms with Gasteiger partial charge < -0.3 is 14.7 Å². The Hall–Kier alpha value is -1.55. The first-order valence-electron chi connectivity index (χ1n) is 7.84. The molecule has 2 rings (SSSR count). The topological polar surface area (TPSA) is 49.8 Å². The highest BCUT2D eigenvalue weighted by Crippen LogP contribution is 2.22. The van der Waals surface area contributed by atoms with Crippen molar-refractivity contribution in [3.63, 3.8) is 0 Å². The van der Waals surface area contributed by atoms with Gasteiger partial charge in [-0.2, -0.15) is 0 Å². The molecule has 0 radical (unpaired) electrons. The van der Waals surface area contributed by atoms with Gasteiger partial charge in [-0.15, -0.1) is 0 Å². The maximum atomic E-state index is 11.1. The van der Waals surface area contributed by atoms with E-state index in [-0.39, 0.29) is 5.56 Å². The Morgan fingerprint density at radius 2 is 2.00 bits per heavy atom. The molecule has 0 amide bonds. The van der Waals surface area contributed by atoms with Crippen LogP contribution in [0.3, 0.4) is 0 Å². The first kappa shape index (κ1) is 15.8. The fourth-order valence-corrected chi connectivity index (χ4v) is 2.97. The fraction of sp³-hybridized carbons (Fsp3) is 0.588. The minimum absolute atomic E-state index is 0.234. The zero-order valence-electron chi connectivity index (χ0n) is 12.8. The number of hydrogen-bond acceptors (Lipinski definition) is 3. The molecule has 116 valence electrons. The minimum atomic E-state index is -0.940. The van der Waals surface area contributed by atoms with Crippen LogP contribution in [0.4, 0.5) is 0 Å². The molecule has 1 N–H and O–H groups in total. The lowest BCUT2D eigenvalue weighted by Crippen LogP contribution is -2.34. The second kappa shape index (κ2) is 8.03. The number of nitrogens with zero attached hydrogens (tertiary/aromatic N) is 1. The third-order valence-corrected chi connectivity index (χ3v) is 4.23. The number of ether oxygens (including phenoxy) is 1. The van der Waals surface area contributed by atoms with Gasteiger partial charge in [-0.25, -0.2) is 4.79 Å². The molecule has 0 aliphatic heterocycles. The number of carboxylic acids is 1. The maximum Gasteiger partial charge on any atom is 0.339 e. The minimum Gasteiger partial charge on any atom is -0.493 e. The second-order valence-corrected chi connectivity index (χ2v) is 5.78. The number of hydrogen-bond donors (Lipinski definition) is 1. The Bertz CT molecular complexity index is 455. The summed E-state index contributed by atoms with van der Waals surface area (Å²) in [6.07, 6.45) is 7.59. The smallest absolute Gasteiger partial charge is 0.339 e. The van der Waals surface area contributed by atoms with Crippen LogP contribution in [0.2, 0.25) is 0 Å². The molecule has 0 spiro atoms. The van der Waals surface area contributed by atoms with Crippen LogP contribution in [-0.4, -0.2) is 42.2 Å². The summed E-state index contributed by atoms with van der Waals surface area (Å²) in [5.41, 5.74) is 0.234. The van der Waals surface area contributed by atoms with E-state index in [4.69, 9.17) is 9.84 Å². The zero-order valence-corrected chi connectivity index (χ0v) is 12.8. The summed E-state index contributed by atoms with van der Waals surface area (Å²) in [5.74, 6) is -0.477. The Morgan fingerprint density at radius 1 is 1.29 bits per heavy atom. The molecule has 4 nitrogen and oxygen atoms in total. The predicted octanol–water partition coefficient (Wildman–Crippen LogP) is 3.42. The number of aromatic carboxylic acids is 1. The summed E-state index contributed by atoms with van der Waals surface area (Å²) in [6, 6.07) is 7.52. The lowest BCUT2D eigenvalue weighted by molar-refractivity contribution is 0.0692. The average molecular weight is 291 g/mol. The molecular weight excluding hydrogens is 266 g/mol. The molecule has 1 saturated carbocycles. The summed E-state index contributed by atoms with van der Waals surface area (Å²) >= 11 is 0. The molecule has 4 heteroatoms. The number of benzene rings is 1. The van der Waals surface area contributed by atoms with E-state index < -0.39 is 5.97 Å². The van der Waals surface area contributed by atoms with Gasteiger partial charge in [0.15, 0.2) is 0 Å². The van der Waals surface area contributed by atoms with Gasteiger partial charge >= 0.3 is 5.97 Å². The molecule has 0 heterocycles. The quantitative estimate of drug-likeness (QED) is 0.782. The van der Waals surface area contributed by atoms with Crippen LogP contribution in [0.5, 0.6) is 5.75 Å². The molecule has 1 fully saturated rings. The molecule has 0 atom stereocenters. The predicted molar refractivity (Wildman–Crippen MR) is 83.0 cm³/mol. The van der Waals surface area contributed by atoms with Gasteiger partial charge in [-0.1, -0.05) is 31.4 Å². The standard InChI is InChI=1S/C17H25NO3/c1-18(14-8-3-2-4-9-14)12-7-13-21-16-11-6-5-10-15(16)17(19)20/h5-6,10-11,14H,2-4,7-9,12-13H2,1H3,(H,19,20). The number of carbonyl (C=O) groups is 1. The van der Waals surface area contributed by atoms with Gasteiger partial charge in [-0.05, 0) is 38.4 Å². The highest BCUT2D eigenvalue weighted by Gasteiger charge is 2.17. The molecule has 0 aromatic heterocycles. The van der Waals surface area contributed by atoms with Crippen molar-refractivity contribution in [3.8, 4) is 5.75 Å². The summed E-state index contributed by atoms with van der Waals surface area (Å²) in [6.45, 7) is 1.56. The van der Waals surface area contributed by atoms with Crippen molar-refractivity contribution < 1.29 is 14.6 Å². The molecule has 0 unspecified atom stereocenters. The van der Waals surface area contributed by atoms with Gasteiger partial charge in [0.1, 0.15) is 11.3 Å². The van der Waals surface area contributed by atoms with Crippen molar-refractivity contribution in [2.24, 2.45) is 0 Å². The van der Waals surface area contributed by atoms with Crippen LogP contribution in [-0.2, 0) is 0 Å². The van der Waals surface area contributed by atoms with Crippen molar-refractivity contribution in [2.75, 3.05) is 20.2 Å². The summed E-state index contributed by atoms with van der Waals surface area (Å²) in [5, 5.41) is 9.09. The maximum absolute atomic E-state index is 11.1. The molecule has 1 aromatic carbocycles. The summed E-state index contributed by atoms with van der Waals surface area (Å²) in [7, 11) is 2.18. The highest BCUT2D eigenvalue weighted by atomic mass is 16.5. The van der Waals surface area contributed by atoms with Crippen molar-refractivity contribution >= 4 is 5.97 Å². The summed E-state index contributed by atoms with van der Waals surface area (Å²) in [4.78, 5) is 13.5. The average Bonchev–Trinajstić information content (AvgIpc) is 2.52. The monoisotopic (exact) mass is 291 g/mol. The van der Waals surface area contributed by atoms with E-state index >= 15 is 0 Å². The van der Waals surface area contributed by atoms with Crippen LogP contribution in [0.25, 0.3) is 0 Å². The molecule has 1 aliphatic rings. The zero-order chi connectivity index (χ0) is 15.1. The van der Waals surface area contributed by atoms with Crippen molar-refractivity contribution in [1.82, 2.24) is 4.90 Å². The van der Waals surface area contributed by atoms with E-state index in [2.05, 4.69) is 11.9 Å². The van der Waals surface area contributed by atoms with E-state index in [1.54, 1.807) is 24.3 Å². The van der Waals surface area contributed by atoms with Crippen molar-refractivity contribution in [2.45, 2.75) is 44.6 Å². The number of rotatable bonds is 7. The van der Waals surface area contributed by atoms with E-state index in [9.17, 15) is 4.79 Å². The van der Waals surface area contributed by atoms with Crippen LogP contribution in [0, 0.1) is 0 Å². The largest absolute Gasteiger partial charge is 0.493 e. The first-order chi connectivity index (χ1) is 10.2. The van der Waals surface area contributed by atoms with Crippen molar-refractivity contribution in [1.29, 1.82) is 0 Å². The Kier molecular flexibility index (Phi) is 6.05. The molecule has 0 saturated heterocycles. The van der Waals surface area contributed by atoms with Crippen molar-refractivity contribution in [3.05, 3.63) is 29.8 Å². The van der Waals surface area contributed by atoms with E-state index in [1.165, 1.54) is 32.1 Å². The van der Waals surface area contributed by atoms with Gasteiger partial charge in [-0.3, -0.25) is 0 Å². The van der Waals surface area contributed by atoms with Gasteiger partial charge in [0.2, 0.25) is 0 Å². The highest BCUT2D eigenvalue weighted by molar-refractivity contribution is 5.90. The number of para-hydroxylation sites is 1. The molecule has 1 aromatic rings.